The highest BCUT2D eigenvalue weighted by atomic mass is 35.5. The van der Waals surface area contributed by atoms with Crippen molar-refractivity contribution in [2.45, 2.75) is 38.5 Å². The van der Waals surface area contributed by atoms with Crippen LogP contribution in [0, 0.1) is 5.92 Å². The van der Waals surface area contributed by atoms with Gasteiger partial charge >= 0.3 is 0 Å². The first-order valence-corrected chi connectivity index (χ1v) is 4.43. The first kappa shape index (κ1) is 8.13. The van der Waals surface area contributed by atoms with Gasteiger partial charge in [-0.1, -0.05) is 18.1 Å². The lowest BCUT2D eigenvalue weighted by molar-refractivity contribution is 0.687. The maximum Gasteiger partial charge on any atom is 0.0398 e. The lowest BCUT2D eigenvalue weighted by Crippen LogP contribution is -2.03. The molecule has 1 rings (SSSR count). The molecular weight excluding hydrogens is 144 g/mol. The monoisotopic (exact) mass is 158 g/mol. The lowest BCUT2D eigenvalue weighted by atomic mass is 10.1. The van der Waals surface area contributed by atoms with Gasteiger partial charge < -0.3 is 0 Å². The number of hydrogen-bond acceptors (Lipinski definition) is 0. The summed E-state index contributed by atoms with van der Waals surface area (Å²) in [6, 6.07) is 0. The van der Waals surface area contributed by atoms with E-state index < -0.39 is 0 Å². The highest BCUT2D eigenvalue weighted by Crippen LogP contribution is 2.31. The molecule has 10 heavy (non-hydrogen) atoms. The number of alkyl halides is 1. The molecule has 1 fully saturated rings. The Morgan fingerprint density at radius 1 is 1.40 bits per heavy atom. The Labute approximate surface area is 68.3 Å². The van der Waals surface area contributed by atoms with Gasteiger partial charge in [-0.2, -0.15) is 0 Å². The van der Waals surface area contributed by atoms with Crippen LogP contribution < -0.4 is 0 Å². The molecule has 0 aromatic rings. The second-order valence-electron chi connectivity index (χ2n) is 3.35. The fourth-order valence-electron chi connectivity index (χ4n) is 1.56. The number of rotatable bonds is 1. The Hall–Kier alpha value is 0.0300. The average Bonchev–Trinajstić information content (AvgIpc) is 2.15. The Bertz CT molecular complexity index is 134. The zero-order valence-corrected chi connectivity index (χ0v) is 7.49. The van der Waals surface area contributed by atoms with E-state index >= 15 is 0 Å². The summed E-state index contributed by atoms with van der Waals surface area (Å²) in [6.45, 7) is 4.28. The van der Waals surface area contributed by atoms with Crippen LogP contribution in [0.3, 0.4) is 0 Å². The fourth-order valence-corrected chi connectivity index (χ4v) is 1.91. The maximum absolute atomic E-state index is 6.08. The van der Waals surface area contributed by atoms with Crippen LogP contribution in [0.2, 0.25) is 0 Å². The van der Waals surface area contributed by atoms with Crippen LogP contribution in [0.1, 0.15) is 33.1 Å². The van der Waals surface area contributed by atoms with Gasteiger partial charge in [0.05, 0.1) is 0 Å². The van der Waals surface area contributed by atoms with E-state index in [0.29, 0.717) is 11.3 Å². The van der Waals surface area contributed by atoms with Crippen LogP contribution in [-0.2, 0) is 0 Å². The van der Waals surface area contributed by atoms with Crippen LogP contribution in [0.15, 0.2) is 11.6 Å². The quantitative estimate of drug-likeness (QED) is 0.406. The summed E-state index contributed by atoms with van der Waals surface area (Å²) in [5.41, 5.74) is 1.40. The Balaban J connectivity index is 2.48. The highest BCUT2D eigenvalue weighted by molar-refractivity contribution is 6.21. The molecule has 0 heterocycles. The van der Waals surface area contributed by atoms with Gasteiger partial charge in [-0.3, -0.25) is 0 Å². The predicted molar refractivity (Wildman–Crippen MR) is 46.4 cm³/mol. The molecule has 0 spiro atoms. The van der Waals surface area contributed by atoms with Crippen molar-refractivity contribution in [2.24, 2.45) is 5.92 Å². The molecule has 2 unspecified atom stereocenters. The third kappa shape index (κ3) is 2.02. The smallest absolute Gasteiger partial charge is 0.0398 e. The van der Waals surface area contributed by atoms with Crippen molar-refractivity contribution in [3.63, 3.8) is 0 Å². The summed E-state index contributed by atoms with van der Waals surface area (Å²) in [7, 11) is 0. The molecule has 0 radical (unpaired) electrons. The molecule has 0 aromatic carbocycles. The van der Waals surface area contributed by atoms with Gasteiger partial charge in [0.1, 0.15) is 0 Å². The molecule has 1 heteroatoms. The Morgan fingerprint density at radius 2 is 2.10 bits per heavy atom. The molecule has 0 bridgehead atoms. The van der Waals surface area contributed by atoms with Gasteiger partial charge in [-0.15, -0.1) is 11.6 Å². The van der Waals surface area contributed by atoms with Gasteiger partial charge in [-0.05, 0) is 32.6 Å². The van der Waals surface area contributed by atoms with Gasteiger partial charge in [0.2, 0.25) is 0 Å². The minimum Gasteiger partial charge on any atom is -0.122 e. The van der Waals surface area contributed by atoms with Gasteiger partial charge in [0.15, 0.2) is 0 Å². The third-order valence-electron chi connectivity index (χ3n) is 2.03. The zero-order valence-electron chi connectivity index (χ0n) is 6.73. The summed E-state index contributed by atoms with van der Waals surface area (Å²) >= 11 is 6.08. The van der Waals surface area contributed by atoms with Crippen LogP contribution in [-0.4, -0.2) is 5.38 Å². The van der Waals surface area contributed by atoms with Gasteiger partial charge in [0, 0.05) is 5.38 Å². The van der Waals surface area contributed by atoms with Crippen LogP contribution in [0.4, 0.5) is 0 Å². The molecule has 0 aliphatic heterocycles. The first-order valence-electron chi connectivity index (χ1n) is 3.99. The van der Waals surface area contributed by atoms with Crippen molar-refractivity contribution in [3.8, 4) is 0 Å². The number of hydrogen-bond donors (Lipinski definition) is 0. The van der Waals surface area contributed by atoms with E-state index in [2.05, 4.69) is 19.9 Å². The summed E-state index contributed by atoms with van der Waals surface area (Å²) in [4.78, 5) is 0. The number of halogens is 1. The van der Waals surface area contributed by atoms with E-state index in [0.717, 1.165) is 0 Å². The first-order chi connectivity index (χ1) is 4.70. The van der Waals surface area contributed by atoms with E-state index in [1.807, 2.05) is 0 Å². The molecule has 2 atom stereocenters. The zero-order chi connectivity index (χ0) is 7.56. The molecule has 0 N–H and O–H groups in total. The fraction of sp³-hybridized carbons (Fsp3) is 0.778. The lowest BCUT2D eigenvalue weighted by Gasteiger charge is -2.07. The second kappa shape index (κ2) is 3.43. The van der Waals surface area contributed by atoms with Crippen LogP contribution in [0.5, 0.6) is 0 Å². The van der Waals surface area contributed by atoms with E-state index in [4.69, 9.17) is 11.6 Å². The average molecular weight is 159 g/mol. The molecule has 1 saturated carbocycles. The summed E-state index contributed by atoms with van der Waals surface area (Å²) in [5, 5.41) is 0.412. The largest absolute Gasteiger partial charge is 0.122 e. The molecular formula is C9H15Cl. The van der Waals surface area contributed by atoms with Gasteiger partial charge in [0.25, 0.3) is 0 Å². The SMILES string of the molecule is CC(C)=CC1CCCC1Cl. The highest BCUT2D eigenvalue weighted by Gasteiger charge is 2.22. The van der Waals surface area contributed by atoms with Gasteiger partial charge in [-0.25, -0.2) is 0 Å². The minimum atomic E-state index is 0.412. The summed E-state index contributed by atoms with van der Waals surface area (Å²) in [6.07, 6.45) is 6.11. The van der Waals surface area contributed by atoms with Crippen molar-refractivity contribution in [2.75, 3.05) is 0 Å². The maximum atomic E-state index is 6.08. The Kier molecular flexibility index (Phi) is 2.79. The normalized spacial score (nSPS) is 32.3. The molecule has 1 aliphatic carbocycles. The van der Waals surface area contributed by atoms with Crippen LogP contribution >= 0.6 is 11.6 Å². The molecule has 0 saturated heterocycles. The van der Waals surface area contributed by atoms with Crippen molar-refractivity contribution < 1.29 is 0 Å². The van der Waals surface area contributed by atoms with E-state index in [1.54, 1.807) is 0 Å². The van der Waals surface area contributed by atoms with Crippen molar-refractivity contribution in [1.82, 2.24) is 0 Å². The molecule has 0 aromatic heterocycles. The summed E-state index contributed by atoms with van der Waals surface area (Å²) < 4.78 is 0. The van der Waals surface area contributed by atoms with Crippen LogP contribution in [0.25, 0.3) is 0 Å². The summed E-state index contributed by atoms with van der Waals surface area (Å²) in [5.74, 6) is 0.659. The Morgan fingerprint density at radius 3 is 2.50 bits per heavy atom. The molecule has 1 aliphatic rings. The van der Waals surface area contributed by atoms with E-state index in [1.165, 1.54) is 24.8 Å². The number of allylic oxidation sites excluding steroid dienone is 2. The minimum absolute atomic E-state index is 0.412. The third-order valence-corrected chi connectivity index (χ3v) is 2.57. The van der Waals surface area contributed by atoms with Crippen molar-refractivity contribution >= 4 is 11.6 Å². The standard InChI is InChI=1S/C9H15Cl/c1-7(2)6-8-4-3-5-9(8)10/h6,8-9H,3-5H2,1-2H3. The topological polar surface area (TPSA) is 0 Å². The van der Waals surface area contributed by atoms with E-state index in [9.17, 15) is 0 Å². The van der Waals surface area contributed by atoms with Crippen molar-refractivity contribution in [1.29, 1.82) is 0 Å². The predicted octanol–water partition coefficient (Wildman–Crippen LogP) is 3.36. The molecule has 0 amide bonds. The second-order valence-corrected chi connectivity index (χ2v) is 3.92. The molecule has 0 nitrogen and oxygen atoms in total. The van der Waals surface area contributed by atoms with E-state index in [-0.39, 0.29) is 0 Å². The van der Waals surface area contributed by atoms with Crippen molar-refractivity contribution in [3.05, 3.63) is 11.6 Å². The molecule has 58 valence electrons.